The van der Waals surface area contributed by atoms with Crippen LogP contribution >= 0.6 is 0 Å². The van der Waals surface area contributed by atoms with Crippen molar-refractivity contribution in [2.75, 3.05) is 24.0 Å². The van der Waals surface area contributed by atoms with Crippen LogP contribution in [0.15, 0.2) is 155 Å². The Morgan fingerprint density at radius 3 is 1.21 bits per heavy atom. The number of ether oxygens (including phenoxy) is 2. The second-order valence-corrected chi connectivity index (χ2v) is 17.0. The van der Waals surface area contributed by atoms with Gasteiger partial charge >= 0.3 is 0 Å². The average Bonchev–Trinajstić information content (AvgIpc) is 3.93. The first-order valence-electron chi connectivity index (χ1n) is 18.9. The van der Waals surface area contributed by atoms with E-state index in [2.05, 4.69) is 58.1 Å². The minimum absolute atomic E-state index is 0.428. The van der Waals surface area contributed by atoms with Crippen LogP contribution in [0.4, 0.5) is 11.6 Å². The zero-order valence-electron chi connectivity index (χ0n) is 34.0. The maximum absolute atomic E-state index is 10.0. The summed E-state index contributed by atoms with van der Waals surface area (Å²) < 4.78 is 65.9. The number of benzene rings is 2. The molecule has 0 amide bonds. The van der Waals surface area contributed by atoms with Crippen molar-refractivity contribution >= 4 is 31.9 Å². The largest absolute Gasteiger partial charge is 0.473 e. The molecule has 0 aliphatic carbocycles. The number of nitrogens with zero attached hydrogens (tertiary/aromatic N) is 6. The number of nitrogens with two attached hydrogens (primary N) is 2. The smallest absolute Gasteiger partial charge is 0.278 e. The quantitative estimate of drug-likeness (QED) is 0.115. The van der Waals surface area contributed by atoms with Crippen molar-refractivity contribution in [1.82, 2.24) is 30.2 Å². The van der Waals surface area contributed by atoms with Crippen LogP contribution < -0.4 is 20.9 Å². The van der Waals surface area contributed by atoms with Crippen LogP contribution in [0.1, 0.15) is 33.6 Å². The van der Waals surface area contributed by atoms with Crippen LogP contribution in [0.25, 0.3) is 22.6 Å². The first-order chi connectivity index (χ1) is 30.3. The Bertz CT molecular complexity index is 2700. The highest BCUT2D eigenvalue weighted by molar-refractivity contribution is 7.99. The molecule has 8 aromatic rings. The lowest BCUT2D eigenvalue weighted by molar-refractivity contribution is 0.294. The van der Waals surface area contributed by atoms with E-state index in [4.69, 9.17) is 30.0 Å². The minimum atomic E-state index is -3.87. The van der Waals surface area contributed by atoms with Crippen molar-refractivity contribution < 1.29 is 39.0 Å². The van der Waals surface area contributed by atoms with Gasteiger partial charge in [0.05, 0.1) is 35.0 Å². The van der Waals surface area contributed by atoms with Crippen LogP contribution in [-0.2, 0) is 49.9 Å². The molecular weight excluding hydrogens is 849 g/mol. The van der Waals surface area contributed by atoms with Gasteiger partial charge in [0.2, 0.25) is 11.8 Å². The molecule has 0 fully saturated rings. The summed E-state index contributed by atoms with van der Waals surface area (Å²) >= 11 is 0. The second kappa shape index (κ2) is 21.4. The molecule has 2 aromatic carbocycles. The summed E-state index contributed by atoms with van der Waals surface area (Å²) in [4.78, 5) is 16.4. The summed E-state index contributed by atoms with van der Waals surface area (Å²) in [7, 11) is -7.74. The van der Waals surface area contributed by atoms with Gasteiger partial charge in [0.25, 0.3) is 20.2 Å². The lowest BCUT2D eigenvalue weighted by atomic mass is 10.1. The van der Waals surface area contributed by atoms with Crippen LogP contribution in [0.2, 0.25) is 0 Å². The molecule has 0 radical (unpaired) electrons. The summed E-state index contributed by atoms with van der Waals surface area (Å²) in [5, 5.41) is 8.27. The van der Waals surface area contributed by atoms with E-state index in [0.717, 1.165) is 44.8 Å². The lowest BCUT2D eigenvalue weighted by Gasteiger charge is -2.05. The highest BCUT2D eigenvalue weighted by atomic mass is 32.3. The van der Waals surface area contributed by atoms with E-state index >= 15 is 0 Å². The monoisotopic (exact) mass is 890 g/mol. The highest BCUT2D eigenvalue weighted by Gasteiger charge is 2.13. The number of hydrogen-bond acceptors (Lipinski definition) is 17. The van der Waals surface area contributed by atoms with Crippen LogP contribution in [0, 0.1) is 0 Å². The fourth-order valence-corrected chi connectivity index (χ4v) is 7.42. The van der Waals surface area contributed by atoms with Gasteiger partial charge in [-0.15, -0.1) is 3.63 Å². The molecule has 0 saturated heterocycles. The second-order valence-electron chi connectivity index (χ2n) is 13.6. The van der Waals surface area contributed by atoms with E-state index in [1.54, 1.807) is 24.8 Å². The third kappa shape index (κ3) is 14.9. The van der Waals surface area contributed by atoms with Crippen molar-refractivity contribution in [3.63, 3.8) is 0 Å². The number of rotatable bonds is 14. The van der Waals surface area contributed by atoms with Crippen LogP contribution in [-0.4, -0.2) is 59.6 Å². The standard InChI is InChI=1S/2C21H18N4O2.C2H6O5S2/c2*22-21-18(4-3-11-24-21)19-13-17(25-27-19)12-15-6-8-16(9-7-15)14-26-20-5-1-2-10-23-20;1-8(3,4)7-9(2,5)6/h2*1-11,13H,12,14H2,(H2,22,24);1-2H3. The maximum Gasteiger partial charge on any atom is 0.278 e. The molecule has 0 atom stereocenters. The third-order valence-electron chi connectivity index (χ3n) is 8.44. The van der Waals surface area contributed by atoms with Gasteiger partial charge in [-0.2, -0.15) is 16.8 Å². The molecule has 0 saturated carbocycles. The molecule has 0 bridgehead atoms. The summed E-state index contributed by atoms with van der Waals surface area (Å²) in [5.41, 5.74) is 19.4. The zero-order chi connectivity index (χ0) is 44.7. The van der Waals surface area contributed by atoms with Crippen LogP contribution in [0.5, 0.6) is 11.8 Å². The van der Waals surface area contributed by atoms with Crippen molar-refractivity contribution in [1.29, 1.82) is 0 Å². The number of hydrogen-bond donors (Lipinski definition) is 2. The van der Waals surface area contributed by atoms with Gasteiger partial charge in [-0.1, -0.05) is 71.0 Å². The highest BCUT2D eigenvalue weighted by Crippen LogP contribution is 2.27. The minimum Gasteiger partial charge on any atom is -0.473 e. The van der Waals surface area contributed by atoms with Crippen LogP contribution in [0.3, 0.4) is 0 Å². The van der Waals surface area contributed by atoms with Crippen molar-refractivity contribution in [3.8, 4) is 34.4 Å². The molecule has 4 N–H and O–H groups in total. The summed E-state index contributed by atoms with van der Waals surface area (Å²) in [5.74, 6) is 3.33. The Balaban J connectivity index is 0.000000176. The number of anilines is 2. The molecule has 63 heavy (non-hydrogen) atoms. The first-order valence-corrected chi connectivity index (χ1v) is 22.6. The predicted molar refractivity (Wildman–Crippen MR) is 235 cm³/mol. The third-order valence-corrected chi connectivity index (χ3v) is 10.4. The summed E-state index contributed by atoms with van der Waals surface area (Å²) in [6, 6.07) is 38.8. The van der Waals surface area contributed by atoms with Gasteiger partial charge in [0.15, 0.2) is 11.5 Å². The van der Waals surface area contributed by atoms with Crippen molar-refractivity contribution in [2.45, 2.75) is 26.1 Å². The normalized spacial score (nSPS) is 11.1. The van der Waals surface area contributed by atoms with Gasteiger partial charge in [-0.25, -0.2) is 19.9 Å². The summed E-state index contributed by atoms with van der Waals surface area (Å²) in [6.07, 6.45) is 9.39. The van der Waals surface area contributed by atoms with E-state index < -0.39 is 20.2 Å². The molecular formula is C44H42N8O9S2. The number of nitrogen functional groups attached to an aromatic ring is 2. The molecule has 0 spiro atoms. The van der Waals surface area contributed by atoms with Crippen molar-refractivity contribution in [2.24, 2.45) is 0 Å². The molecule has 8 rings (SSSR count). The van der Waals surface area contributed by atoms with Gasteiger partial charge in [0.1, 0.15) is 24.8 Å². The van der Waals surface area contributed by atoms with Gasteiger partial charge < -0.3 is 30.0 Å². The van der Waals surface area contributed by atoms with Gasteiger partial charge in [-0.05, 0) is 58.7 Å². The average molecular weight is 891 g/mol. The fourth-order valence-electron chi connectivity index (χ4n) is 5.62. The Labute approximate surface area is 364 Å². The Hall–Kier alpha value is -7.48. The molecule has 6 heterocycles. The Kier molecular flexibility index (Phi) is 15.3. The molecule has 0 aliphatic rings. The number of aromatic nitrogens is 6. The lowest BCUT2D eigenvalue weighted by Crippen LogP contribution is -2.09. The molecule has 6 aromatic heterocycles. The van der Waals surface area contributed by atoms with E-state index in [0.29, 0.717) is 73.5 Å². The Morgan fingerprint density at radius 1 is 0.492 bits per heavy atom. The molecule has 0 unspecified atom stereocenters. The summed E-state index contributed by atoms with van der Waals surface area (Å²) in [6.45, 7) is 0.956. The molecule has 17 nitrogen and oxygen atoms in total. The van der Waals surface area contributed by atoms with E-state index in [-0.39, 0.29) is 0 Å². The van der Waals surface area contributed by atoms with Gasteiger partial charge in [-0.3, -0.25) is 0 Å². The zero-order valence-corrected chi connectivity index (χ0v) is 35.6. The molecule has 0 aliphatic heterocycles. The Morgan fingerprint density at radius 2 is 0.873 bits per heavy atom. The van der Waals surface area contributed by atoms with Gasteiger partial charge in [0, 0.05) is 61.9 Å². The fraction of sp³-hybridized carbons (Fsp3) is 0.136. The molecule has 324 valence electrons. The first kappa shape index (κ1) is 45.1. The van der Waals surface area contributed by atoms with E-state index in [9.17, 15) is 16.8 Å². The van der Waals surface area contributed by atoms with E-state index in [1.165, 1.54) is 0 Å². The maximum atomic E-state index is 10.0. The predicted octanol–water partition coefficient (Wildman–Crippen LogP) is 6.69. The SMILES string of the molecule is CS(=O)(=O)OS(C)(=O)=O.Nc1ncccc1-c1cc(Cc2ccc(COc3ccccn3)cc2)no1.Nc1ncccc1-c1cc(Cc2ccc(COc3ccccn3)cc2)no1. The molecule has 19 heteroatoms. The van der Waals surface area contributed by atoms with Crippen molar-refractivity contribution in [3.05, 3.63) is 180 Å². The van der Waals surface area contributed by atoms with E-state index in [1.807, 2.05) is 97.1 Å². The topological polar surface area (TPSA) is 252 Å². The number of pyridine rings is 4.